The van der Waals surface area contributed by atoms with Crippen molar-refractivity contribution in [1.29, 1.82) is 0 Å². The Morgan fingerprint density at radius 1 is 0.429 bits per heavy atom. The van der Waals surface area contributed by atoms with E-state index in [1.165, 1.54) is 72.8 Å². The highest BCUT2D eigenvalue weighted by atomic mass is 35.5. The van der Waals surface area contributed by atoms with E-state index >= 15 is 13.2 Å². The molecule has 3 fully saturated rings. The smallest absolute Gasteiger partial charge is 0.490 e. The molecule has 0 spiro atoms. The first-order valence-electron chi connectivity index (χ1n) is 28.6. The monoisotopic (exact) mass is 1410 g/mol. The second-order valence-corrected chi connectivity index (χ2v) is 32.9. The molecule has 91 heavy (non-hydrogen) atoms. The van der Waals surface area contributed by atoms with Crippen LogP contribution in [0.3, 0.4) is 0 Å². The third-order valence-electron chi connectivity index (χ3n) is 18.3. The van der Waals surface area contributed by atoms with Gasteiger partial charge in [-0.05, 0) is 186 Å². The zero-order valence-electron chi connectivity index (χ0n) is 47.6. The molecule has 492 valence electrons. The van der Waals surface area contributed by atoms with E-state index in [0.717, 1.165) is 36.4 Å². The first-order valence-corrected chi connectivity index (χ1v) is 35.7. The molecule has 6 aromatic carbocycles. The summed E-state index contributed by atoms with van der Waals surface area (Å²) in [6.07, 6.45) is 0.490. The van der Waals surface area contributed by atoms with Crippen molar-refractivity contribution in [2.45, 2.75) is 130 Å². The Labute approximate surface area is 534 Å². The van der Waals surface area contributed by atoms with Gasteiger partial charge in [0.25, 0.3) is 0 Å². The highest BCUT2D eigenvalue weighted by molar-refractivity contribution is 7.93. The van der Waals surface area contributed by atoms with Crippen LogP contribution in [0.2, 0.25) is 15.1 Å². The number of hydrogen-bond acceptors (Lipinski definition) is 13. The molecule has 6 aliphatic rings. The van der Waals surface area contributed by atoms with Gasteiger partial charge in [0.05, 0.1) is 57.3 Å². The molecule has 30 heteroatoms. The Morgan fingerprint density at radius 2 is 0.736 bits per heavy atom. The molecule has 3 unspecified atom stereocenters. The van der Waals surface area contributed by atoms with Gasteiger partial charge in [0.2, 0.25) is 0 Å². The quantitative estimate of drug-likeness (QED) is 0.121. The second-order valence-electron chi connectivity index (χ2n) is 23.3. The third-order valence-corrected chi connectivity index (χ3v) is 28.1. The standard InChI is InChI=1S/C21H19ClF5NO5S2.C20H20ClF2NO3S.C20H19ClF2O4S/c22-13-2-5-15(6-3-13)34(29,30)20-10-9-14(28-35(31,32)21(25,26)27)4-1-12(20)11-33-19-17(24)8-7-16(23)18(19)20;2*21-13-2-5-15(6-3-13)28(25,26)20-10-9-14(24)4-1-12(20)11-27-19-17(23)8-7-16(22)18(19)20/h2-3,5-8,12,14,28H,1,4,9-11H2;2-3,5-8,12,14H,1,4,9-11,24H2;2-3,5-8,12,14,24H,1,4,9-11H2/t2*12?,14-,20-;12?,14-,20+/m110/s1. The van der Waals surface area contributed by atoms with Gasteiger partial charge < -0.3 is 25.1 Å². The zero-order chi connectivity index (χ0) is 66.0. The topological polar surface area (TPSA) is 223 Å². The molecule has 14 nitrogen and oxygen atoms in total. The van der Waals surface area contributed by atoms with E-state index in [1.807, 2.05) is 0 Å². The number of fused-ring (bicyclic) bond motifs is 9. The molecule has 0 bridgehead atoms. The maximum atomic E-state index is 15.2. The van der Waals surface area contributed by atoms with Crippen LogP contribution >= 0.6 is 34.8 Å². The van der Waals surface area contributed by atoms with Gasteiger partial charge in [-0.3, -0.25) is 0 Å². The fraction of sp³-hybridized carbons (Fsp3) is 0.410. The van der Waals surface area contributed by atoms with Crippen LogP contribution in [0.1, 0.15) is 93.7 Å². The Kier molecular flexibility index (Phi) is 19.4. The SMILES string of the molecule is N[C@@H]1CCC2COc3c(F)ccc(F)c3[C@@]2(S(=O)(=O)c2ccc(Cl)cc2)CC1.O=S(=O)(N[C@@H]1CCC2COc3c(F)ccc(F)c3[C@@]2(S(=O)(=O)c2ccc(Cl)cc2)CC1)C(F)(F)F.O=S(=O)(c1ccc(Cl)cc1)[C@]12CC[C@@H](O)CCC1COc1c(F)ccc(F)c12. The normalized spacial score (nSPS) is 26.5. The zero-order valence-corrected chi connectivity index (χ0v) is 53.2. The summed E-state index contributed by atoms with van der Waals surface area (Å²) in [4.78, 5) is -0.249. The minimum Gasteiger partial charge on any atom is -0.490 e. The Balaban J connectivity index is 0.000000151. The third kappa shape index (κ3) is 12.1. The molecular weight excluding hydrogens is 1360 g/mol. The van der Waals surface area contributed by atoms with E-state index in [9.17, 15) is 65.1 Å². The van der Waals surface area contributed by atoms with E-state index in [4.69, 9.17) is 54.7 Å². The van der Waals surface area contributed by atoms with Gasteiger partial charge in [-0.2, -0.15) is 13.2 Å². The molecule has 3 aliphatic carbocycles. The van der Waals surface area contributed by atoms with Crippen LogP contribution in [0, 0.1) is 52.7 Å². The van der Waals surface area contributed by atoms with E-state index in [1.54, 1.807) is 4.72 Å². The van der Waals surface area contributed by atoms with Gasteiger partial charge in [0, 0.05) is 44.9 Å². The molecule has 3 heterocycles. The highest BCUT2D eigenvalue weighted by Crippen LogP contribution is 2.59. The number of aliphatic hydroxyl groups excluding tert-OH is 1. The van der Waals surface area contributed by atoms with Crippen molar-refractivity contribution in [3.8, 4) is 17.2 Å². The lowest BCUT2D eigenvalue weighted by molar-refractivity contribution is -0.0451. The molecule has 6 aromatic rings. The number of halogens is 12. The molecule has 0 aromatic heterocycles. The van der Waals surface area contributed by atoms with Crippen LogP contribution in [0.4, 0.5) is 39.5 Å². The summed E-state index contributed by atoms with van der Waals surface area (Å²) in [6, 6.07) is 20.3. The van der Waals surface area contributed by atoms with Crippen LogP contribution in [0.15, 0.2) is 124 Å². The number of nitrogens with two attached hydrogens (primary N) is 1. The number of aliphatic hydroxyl groups is 1. The summed E-state index contributed by atoms with van der Waals surface area (Å²) in [6.45, 7) is -0.432. The number of sulfone groups is 3. The van der Waals surface area contributed by atoms with Crippen molar-refractivity contribution in [2.24, 2.45) is 23.5 Å². The number of alkyl halides is 3. The number of nitrogens with one attached hydrogen (secondary N) is 1. The van der Waals surface area contributed by atoms with Crippen LogP contribution in [0.25, 0.3) is 0 Å². The minimum absolute atomic E-state index is 0.00703. The van der Waals surface area contributed by atoms with Crippen LogP contribution in [-0.2, 0) is 53.8 Å². The summed E-state index contributed by atoms with van der Waals surface area (Å²) in [5, 5.41) is 11.2. The molecule has 0 amide bonds. The van der Waals surface area contributed by atoms with Crippen molar-refractivity contribution in [3.05, 3.63) is 176 Å². The lowest BCUT2D eigenvalue weighted by atomic mass is 9.79. The Morgan fingerprint density at radius 3 is 1.09 bits per heavy atom. The summed E-state index contributed by atoms with van der Waals surface area (Å²) in [7, 11) is -18.5. The largest absolute Gasteiger partial charge is 0.511 e. The number of sulfonamides is 1. The van der Waals surface area contributed by atoms with Gasteiger partial charge >= 0.3 is 15.5 Å². The lowest BCUT2D eigenvalue weighted by Gasteiger charge is -2.43. The Bertz CT molecular complexity index is 4060. The average molecular weight is 1420 g/mol. The maximum Gasteiger partial charge on any atom is 0.511 e. The predicted molar refractivity (Wildman–Crippen MR) is 318 cm³/mol. The first kappa shape index (κ1) is 68.5. The number of benzene rings is 6. The fourth-order valence-corrected chi connectivity index (χ4v) is 22.2. The van der Waals surface area contributed by atoms with Gasteiger partial charge in [0.15, 0.2) is 64.2 Å². The van der Waals surface area contributed by atoms with Gasteiger partial charge in [-0.15, -0.1) is 0 Å². The van der Waals surface area contributed by atoms with Gasteiger partial charge in [0.1, 0.15) is 31.7 Å². The predicted octanol–water partition coefficient (Wildman–Crippen LogP) is 13.1. The molecule has 0 saturated heterocycles. The van der Waals surface area contributed by atoms with Crippen molar-refractivity contribution in [3.63, 3.8) is 0 Å². The summed E-state index contributed by atoms with van der Waals surface area (Å²) >= 11 is 17.7. The van der Waals surface area contributed by atoms with E-state index in [2.05, 4.69) is 0 Å². The summed E-state index contributed by atoms with van der Waals surface area (Å²) < 4.78 is 247. The van der Waals surface area contributed by atoms with Gasteiger partial charge in [-0.25, -0.2) is 64.7 Å². The van der Waals surface area contributed by atoms with Crippen LogP contribution in [0.5, 0.6) is 17.2 Å². The number of ether oxygens (including phenoxy) is 3. The second kappa shape index (κ2) is 25.7. The molecular formula is C61H58Cl3F9N2O12S4. The van der Waals surface area contributed by atoms with E-state index in [-0.39, 0.29) is 107 Å². The van der Waals surface area contributed by atoms with Crippen molar-refractivity contribution in [2.75, 3.05) is 19.8 Å². The molecule has 9 atom stereocenters. The van der Waals surface area contributed by atoms with Crippen molar-refractivity contribution >= 4 is 74.3 Å². The minimum atomic E-state index is -5.71. The maximum absolute atomic E-state index is 15.2. The summed E-state index contributed by atoms with van der Waals surface area (Å²) in [5.74, 6) is -8.65. The van der Waals surface area contributed by atoms with Gasteiger partial charge in [-0.1, -0.05) is 34.8 Å². The Hall–Kier alpha value is -5.36. The average Bonchev–Trinajstić information content (AvgIpc) is 1.63. The van der Waals surface area contributed by atoms with E-state index < -0.39 is 142 Å². The molecule has 3 saturated carbocycles. The molecule has 4 N–H and O–H groups in total. The number of rotatable bonds is 8. The molecule has 3 aliphatic heterocycles. The highest BCUT2D eigenvalue weighted by Gasteiger charge is 2.62. The van der Waals surface area contributed by atoms with E-state index in [0.29, 0.717) is 42.1 Å². The van der Waals surface area contributed by atoms with Crippen molar-refractivity contribution < 1.29 is 92.5 Å². The van der Waals surface area contributed by atoms with Crippen molar-refractivity contribution in [1.82, 2.24) is 4.72 Å². The van der Waals surface area contributed by atoms with Crippen LogP contribution < -0.4 is 24.7 Å². The molecule has 0 radical (unpaired) electrons. The lowest BCUT2D eigenvalue weighted by Crippen LogP contribution is -2.48. The first-order chi connectivity index (χ1) is 42.7. The summed E-state index contributed by atoms with van der Waals surface area (Å²) in [5.41, 5.74) is -0.487. The molecule has 12 rings (SSSR count). The number of hydrogen-bond donors (Lipinski definition) is 3. The fourth-order valence-electron chi connectivity index (χ4n) is 13.9. The van der Waals surface area contributed by atoms with Crippen LogP contribution in [-0.4, -0.2) is 82.3 Å².